The van der Waals surface area contributed by atoms with Gasteiger partial charge in [0.25, 0.3) is 0 Å². The van der Waals surface area contributed by atoms with Crippen molar-refractivity contribution in [2.75, 3.05) is 30.0 Å². The van der Waals surface area contributed by atoms with Crippen molar-refractivity contribution in [2.24, 2.45) is 5.14 Å². The molecule has 168 valence electrons. The smallest absolute Gasteiger partial charge is 0.411 e. The first-order chi connectivity index (χ1) is 15.1. The number of ether oxygens (including phenoxy) is 1. The molecule has 0 saturated carbocycles. The van der Waals surface area contributed by atoms with Gasteiger partial charge in [-0.3, -0.25) is 4.90 Å². The highest BCUT2D eigenvalue weighted by Gasteiger charge is 2.30. The van der Waals surface area contributed by atoms with Gasteiger partial charge in [-0.2, -0.15) is 4.98 Å². The first-order valence-electron chi connectivity index (χ1n) is 9.20. The first-order valence-corrected chi connectivity index (χ1v) is 10.7. The van der Waals surface area contributed by atoms with E-state index in [1.165, 1.54) is 13.3 Å². The van der Waals surface area contributed by atoms with E-state index in [0.717, 1.165) is 4.90 Å². The Morgan fingerprint density at radius 3 is 2.53 bits per heavy atom. The lowest BCUT2D eigenvalue weighted by Gasteiger charge is -2.37. The van der Waals surface area contributed by atoms with Gasteiger partial charge in [0.05, 0.1) is 29.6 Å². The number of primary sulfonamides is 1. The van der Waals surface area contributed by atoms with Crippen molar-refractivity contribution in [3.63, 3.8) is 0 Å². The Morgan fingerprint density at radius 2 is 1.94 bits per heavy atom. The zero-order chi connectivity index (χ0) is 23.2. The molecule has 13 heteroatoms. The average molecular weight is 465 g/mol. The van der Waals surface area contributed by atoms with Crippen LogP contribution in [0.25, 0.3) is 11.0 Å². The van der Waals surface area contributed by atoms with E-state index < -0.39 is 38.2 Å². The quantitative estimate of drug-likeness (QED) is 0.597. The number of nitrogens with zero attached hydrogens (tertiary/aromatic N) is 4. The maximum absolute atomic E-state index is 14.7. The van der Waals surface area contributed by atoms with Crippen LogP contribution in [0.4, 0.5) is 25.0 Å². The number of halogens is 2. The van der Waals surface area contributed by atoms with Gasteiger partial charge in [-0.05, 0) is 18.2 Å². The Kier molecular flexibility index (Phi) is 5.30. The molecule has 0 atom stereocenters. The van der Waals surface area contributed by atoms with Crippen molar-refractivity contribution in [1.29, 1.82) is 0 Å². The molecule has 0 aliphatic carbocycles. The molecule has 0 saturated heterocycles. The third-order valence-corrected chi connectivity index (χ3v) is 5.98. The molecule has 1 aliphatic rings. The minimum Gasteiger partial charge on any atom is -0.481 e. The lowest BCUT2D eigenvalue weighted by atomic mass is 10.1. The molecule has 0 radical (unpaired) electrons. The number of sulfonamides is 1. The zero-order valence-electron chi connectivity index (χ0n) is 16.6. The number of carbonyl (C=O) groups is 1. The maximum atomic E-state index is 14.7. The molecule has 3 N–H and O–H groups in total. The molecule has 3 aromatic rings. The van der Waals surface area contributed by atoms with Crippen LogP contribution in [0.2, 0.25) is 0 Å². The normalized spacial score (nSPS) is 13.9. The number of hydrogen-bond acceptors (Lipinski definition) is 7. The molecular formula is C19H17F2N5O5S. The van der Waals surface area contributed by atoms with Crippen LogP contribution in [0.5, 0.6) is 5.88 Å². The topological polar surface area (TPSA) is 139 Å². The van der Waals surface area contributed by atoms with Crippen LogP contribution >= 0.6 is 0 Å². The summed E-state index contributed by atoms with van der Waals surface area (Å²) in [5.74, 6) is -1.89. The molecule has 10 nitrogen and oxygen atoms in total. The average Bonchev–Trinajstić information content (AvgIpc) is 2.74. The highest BCUT2D eigenvalue weighted by atomic mass is 32.2. The monoisotopic (exact) mass is 465 g/mol. The van der Waals surface area contributed by atoms with Crippen LogP contribution < -0.4 is 19.7 Å². The standard InChI is InChI=1S/C19H17F2N5O5S/c1-31-16-3-2-11-17-15(8-23-18(11)24-16)26(19(27)28)5-4-25(17)9-12-13(20)6-10(7-14(12)21)32(22,29)30/h2-3,6-8H,4-5,9H2,1H3,(H,27,28)(H2,22,29,30). The number of pyridine rings is 2. The van der Waals surface area contributed by atoms with E-state index >= 15 is 0 Å². The molecule has 0 unspecified atom stereocenters. The highest BCUT2D eigenvalue weighted by molar-refractivity contribution is 7.89. The Morgan fingerprint density at radius 1 is 1.25 bits per heavy atom. The fourth-order valence-electron chi connectivity index (χ4n) is 3.57. The van der Waals surface area contributed by atoms with Crippen LogP contribution in [0, 0.1) is 11.6 Å². The van der Waals surface area contributed by atoms with E-state index in [1.54, 1.807) is 17.0 Å². The first kappa shape index (κ1) is 21.6. The number of aromatic nitrogens is 2. The summed E-state index contributed by atoms with van der Waals surface area (Å²) in [5.41, 5.74) is 0.461. The van der Waals surface area contributed by atoms with Gasteiger partial charge in [0.2, 0.25) is 15.9 Å². The van der Waals surface area contributed by atoms with Gasteiger partial charge < -0.3 is 14.7 Å². The summed E-state index contributed by atoms with van der Waals surface area (Å²) in [4.78, 5) is 22.1. The molecule has 0 bridgehead atoms. The summed E-state index contributed by atoms with van der Waals surface area (Å²) in [6.45, 7) is -0.161. The van der Waals surface area contributed by atoms with E-state index in [2.05, 4.69) is 9.97 Å². The number of anilines is 2. The predicted molar refractivity (Wildman–Crippen MR) is 110 cm³/mol. The van der Waals surface area contributed by atoms with Gasteiger partial charge in [-0.1, -0.05) is 0 Å². The number of amides is 1. The van der Waals surface area contributed by atoms with Crippen LogP contribution in [-0.4, -0.2) is 49.8 Å². The Hall–Kier alpha value is -3.58. The second-order valence-electron chi connectivity index (χ2n) is 6.98. The van der Waals surface area contributed by atoms with Crippen molar-refractivity contribution < 1.29 is 31.8 Å². The molecule has 3 heterocycles. The third-order valence-electron chi connectivity index (χ3n) is 5.09. The molecule has 1 aromatic carbocycles. The molecule has 32 heavy (non-hydrogen) atoms. The number of benzene rings is 1. The molecular weight excluding hydrogens is 448 g/mol. The second kappa shape index (κ2) is 7.84. The van der Waals surface area contributed by atoms with Gasteiger partial charge in [0, 0.05) is 36.7 Å². The minimum absolute atomic E-state index is 0.0254. The SMILES string of the molecule is COc1ccc2c3c(cnc2n1)N(C(=O)O)CCN3Cc1c(F)cc(S(N)(=O)=O)cc1F. The lowest BCUT2D eigenvalue weighted by Crippen LogP contribution is -2.43. The predicted octanol–water partition coefficient (Wildman–Crippen LogP) is 2.07. The number of nitrogens with two attached hydrogens (primary N) is 1. The van der Waals surface area contributed by atoms with Crippen molar-refractivity contribution in [3.8, 4) is 5.88 Å². The number of carboxylic acid groups (broad SMARTS) is 1. The van der Waals surface area contributed by atoms with Gasteiger partial charge in [0.15, 0.2) is 5.65 Å². The van der Waals surface area contributed by atoms with Crippen LogP contribution in [-0.2, 0) is 16.6 Å². The van der Waals surface area contributed by atoms with Gasteiger partial charge in [0.1, 0.15) is 11.6 Å². The van der Waals surface area contributed by atoms with E-state index in [-0.39, 0.29) is 36.8 Å². The Balaban J connectivity index is 1.85. The highest BCUT2D eigenvalue weighted by Crippen LogP contribution is 2.39. The largest absolute Gasteiger partial charge is 0.481 e. The van der Waals surface area contributed by atoms with Crippen LogP contribution in [0.15, 0.2) is 35.4 Å². The van der Waals surface area contributed by atoms with Crippen molar-refractivity contribution >= 4 is 38.5 Å². The van der Waals surface area contributed by atoms with Crippen molar-refractivity contribution in [2.45, 2.75) is 11.4 Å². The Bertz CT molecular complexity index is 1330. The van der Waals surface area contributed by atoms with Crippen molar-refractivity contribution in [1.82, 2.24) is 9.97 Å². The summed E-state index contributed by atoms with van der Waals surface area (Å²) in [7, 11) is -2.86. The van der Waals surface area contributed by atoms with Crippen LogP contribution in [0.1, 0.15) is 5.56 Å². The van der Waals surface area contributed by atoms with Crippen LogP contribution in [0.3, 0.4) is 0 Å². The summed E-state index contributed by atoms with van der Waals surface area (Å²) >= 11 is 0. The maximum Gasteiger partial charge on any atom is 0.411 e. The number of methoxy groups -OCH3 is 1. The lowest BCUT2D eigenvalue weighted by molar-refractivity contribution is 0.201. The minimum atomic E-state index is -4.29. The second-order valence-corrected chi connectivity index (χ2v) is 8.54. The third kappa shape index (κ3) is 3.76. The summed E-state index contributed by atoms with van der Waals surface area (Å²) < 4.78 is 57.3. The van der Waals surface area contributed by atoms with Gasteiger partial charge in [-0.25, -0.2) is 32.1 Å². The van der Waals surface area contributed by atoms with Crippen molar-refractivity contribution in [3.05, 3.63) is 47.7 Å². The molecule has 1 aliphatic heterocycles. The Labute approximate surface area is 180 Å². The molecule has 1 amide bonds. The van der Waals surface area contributed by atoms with Gasteiger partial charge >= 0.3 is 6.09 Å². The zero-order valence-corrected chi connectivity index (χ0v) is 17.4. The van der Waals surface area contributed by atoms with Gasteiger partial charge in [-0.15, -0.1) is 0 Å². The summed E-state index contributed by atoms with van der Waals surface area (Å²) in [6.07, 6.45) is 0.115. The number of rotatable bonds is 4. The van der Waals surface area contributed by atoms with E-state index in [1.807, 2.05) is 0 Å². The number of hydrogen-bond donors (Lipinski definition) is 2. The number of fused-ring (bicyclic) bond motifs is 3. The molecule has 2 aromatic heterocycles. The van der Waals surface area contributed by atoms with E-state index in [0.29, 0.717) is 23.2 Å². The summed E-state index contributed by atoms with van der Waals surface area (Å²) in [6, 6.07) is 4.49. The molecule has 0 fully saturated rings. The molecule has 4 rings (SSSR count). The van der Waals surface area contributed by atoms with E-state index in [4.69, 9.17) is 9.88 Å². The summed E-state index contributed by atoms with van der Waals surface area (Å²) in [5, 5.41) is 15.0. The fraction of sp³-hybridized carbons (Fsp3) is 0.211. The molecule has 0 spiro atoms. The van der Waals surface area contributed by atoms with E-state index in [9.17, 15) is 27.1 Å². The fourth-order valence-corrected chi connectivity index (χ4v) is 4.11.